The van der Waals surface area contributed by atoms with Gasteiger partial charge in [0, 0.05) is 7.05 Å². The SMILES string of the molecule is Cc1ncsc1C(=O)N(C)[C@H](c1ccccc1)C(F)(F)F. The number of hydrogen-bond acceptors (Lipinski definition) is 3. The van der Waals surface area contributed by atoms with Crippen molar-refractivity contribution in [2.75, 3.05) is 7.05 Å². The Morgan fingerprint density at radius 2 is 1.90 bits per heavy atom. The zero-order valence-electron chi connectivity index (χ0n) is 11.4. The summed E-state index contributed by atoms with van der Waals surface area (Å²) in [6, 6.07) is 5.41. The van der Waals surface area contributed by atoms with Crippen molar-refractivity contribution in [1.82, 2.24) is 9.88 Å². The Hall–Kier alpha value is -1.89. The fourth-order valence-electron chi connectivity index (χ4n) is 2.05. The maximum atomic E-state index is 13.4. The molecule has 1 heterocycles. The third-order valence-electron chi connectivity index (χ3n) is 3.07. The van der Waals surface area contributed by atoms with E-state index in [9.17, 15) is 18.0 Å². The van der Waals surface area contributed by atoms with Crippen LogP contribution in [-0.2, 0) is 0 Å². The molecule has 0 saturated carbocycles. The van der Waals surface area contributed by atoms with Crippen LogP contribution in [0, 0.1) is 6.92 Å². The van der Waals surface area contributed by atoms with Crippen LogP contribution in [0.15, 0.2) is 35.8 Å². The lowest BCUT2D eigenvalue weighted by atomic mass is 10.0. The first-order valence-corrected chi connectivity index (χ1v) is 6.99. The van der Waals surface area contributed by atoms with Gasteiger partial charge in [0.05, 0.1) is 11.2 Å². The lowest BCUT2D eigenvalue weighted by Gasteiger charge is -2.30. The van der Waals surface area contributed by atoms with Crippen molar-refractivity contribution in [3.8, 4) is 0 Å². The highest BCUT2D eigenvalue weighted by Gasteiger charge is 2.45. The second kappa shape index (κ2) is 5.85. The Balaban J connectivity index is 2.38. The molecule has 0 spiro atoms. The Morgan fingerprint density at radius 3 is 2.38 bits per heavy atom. The topological polar surface area (TPSA) is 33.2 Å². The molecule has 0 aliphatic rings. The first-order chi connectivity index (χ1) is 9.82. The summed E-state index contributed by atoms with van der Waals surface area (Å²) in [7, 11) is 1.16. The molecule has 0 radical (unpaired) electrons. The minimum atomic E-state index is -4.55. The summed E-state index contributed by atoms with van der Waals surface area (Å²) < 4.78 is 40.1. The molecule has 21 heavy (non-hydrogen) atoms. The fraction of sp³-hybridized carbons (Fsp3) is 0.286. The van der Waals surface area contributed by atoms with Gasteiger partial charge in [-0.05, 0) is 12.5 Å². The van der Waals surface area contributed by atoms with Crippen molar-refractivity contribution < 1.29 is 18.0 Å². The molecule has 0 aliphatic carbocycles. The average molecular weight is 314 g/mol. The number of halogens is 3. The highest BCUT2D eigenvalue weighted by Crippen LogP contribution is 2.37. The first-order valence-electron chi connectivity index (χ1n) is 6.11. The minimum absolute atomic E-state index is 0.0306. The number of amides is 1. The summed E-state index contributed by atoms with van der Waals surface area (Å²) in [6.45, 7) is 1.60. The van der Waals surface area contributed by atoms with Crippen molar-refractivity contribution in [2.24, 2.45) is 0 Å². The van der Waals surface area contributed by atoms with Gasteiger partial charge in [-0.1, -0.05) is 30.3 Å². The van der Waals surface area contributed by atoms with Gasteiger partial charge in [0.15, 0.2) is 6.04 Å². The van der Waals surface area contributed by atoms with Crippen molar-refractivity contribution in [2.45, 2.75) is 19.1 Å². The number of carbonyl (C=O) groups is 1. The molecule has 0 aliphatic heterocycles. The Morgan fingerprint density at radius 1 is 1.29 bits per heavy atom. The zero-order valence-corrected chi connectivity index (χ0v) is 12.2. The van der Waals surface area contributed by atoms with Crippen molar-refractivity contribution >= 4 is 17.2 Å². The number of aryl methyl sites for hydroxylation is 1. The second-order valence-electron chi connectivity index (χ2n) is 4.54. The average Bonchev–Trinajstić information content (AvgIpc) is 2.84. The van der Waals surface area contributed by atoms with E-state index in [-0.39, 0.29) is 10.4 Å². The van der Waals surface area contributed by atoms with Gasteiger partial charge >= 0.3 is 6.18 Å². The number of aromatic nitrogens is 1. The van der Waals surface area contributed by atoms with Crippen LogP contribution in [0.2, 0.25) is 0 Å². The zero-order chi connectivity index (χ0) is 15.6. The highest BCUT2D eigenvalue weighted by atomic mass is 32.1. The summed E-state index contributed by atoms with van der Waals surface area (Å²) in [4.78, 5) is 17.1. The van der Waals surface area contributed by atoms with Gasteiger partial charge in [0.1, 0.15) is 4.88 Å². The van der Waals surface area contributed by atoms with E-state index >= 15 is 0 Å². The number of rotatable bonds is 3. The van der Waals surface area contributed by atoms with E-state index in [4.69, 9.17) is 0 Å². The standard InChI is InChI=1S/C14H13F3N2OS/c1-9-11(21-8-18-9)13(20)19(2)12(14(15,16)17)10-6-4-3-5-7-10/h3-8,12H,1-2H3/t12-/m1/s1. The van der Waals surface area contributed by atoms with Crippen molar-refractivity contribution in [3.05, 3.63) is 52.0 Å². The molecule has 1 aromatic heterocycles. The first kappa shape index (κ1) is 15.5. The van der Waals surface area contributed by atoms with E-state index in [1.165, 1.54) is 29.8 Å². The van der Waals surface area contributed by atoms with Gasteiger partial charge in [-0.3, -0.25) is 4.79 Å². The quantitative estimate of drug-likeness (QED) is 0.863. The largest absolute Gasteiger partial charge is 0.413 e. The maximum Gasteiger partial charge on any atom is 0.413 e. The highest BCUT2D eigenvalue weighted by molar-refractivity contribution is 7.11. The van der Waals surface area contributed by atoms with Crippen LogP contribution in [-0.4, -0.2) is 29.0 Å². The van der Waals surface area contributed by atoms with Gasteiger partial charge in [-0.15, -0.1) is 11.3 Å². The normalized spacial score (nSPS) is 13.0. The number of nitrogens with zero attached hydrogens (tertiary/aromatic N) is 2. The van der Waals surface area contributed by atoms with E-state index in [0.29, 0.717) is 5.69 Å². The van der Waals surface area contributed by atoms with Gasteiger partial charge in [0.2, 0.25) is 0 Å². The van der Waals surface area contributed by atoms with E-state index in [2.05, 4.69) is 4.98 Å². The van der Waals surface area contributed by atoms with Crippen LogP contribution in [0.25, 0.3) is 0 Å². The van der Waals surface area contributed by atoms with Crippen LogP contribution in [0.1, 0.15) is 27.0 Å². The summed E-state index contributed by atoms with van der Waals surface area (Å²) in [5.74, 6) is -0.679. The Bertz CT molecular complexity index is 625. The molecule has 2 rings (SSSR count). The van der Waals surface area contributed by atoms with Gasteiger partial charge in [0.25, 0.3) is 5.91 Å². The summed E-state index contributed by atoms with van der Waals surface area (Å²) in [5, 5.41) is 0. The van der Waals surface area contributed by atoms with E-state index < -0.39 is 18.1 Å². The summed E-state index contributed by atoms with van der Waals surface area (Å²) in [5.41, 5.74) is 1.91. The van der Waals surface area contributed by atoms with E-state index in [1.807, 2.05) is 0 Å². The summed E-state index contributed by atoms with van der Waals surface area (Å²) >= 11 is 1.04. The number of hydrogen-bond donors (Lipinski definition) is 0. The molecule has 7 heteroatoms. The van der Waals surface area contributed by atoms with Crippen LogP contribution < -0.4 is 0 Å². The third-order valence-corrected chi connectivity index (χ3v) is 3.99. The molecule has 1 amide bonds. The fourth-order valence-corrected chi connectivity index (χ4v) is 2.84. The third kappa shape index (κ3) is 3.24. The molecule has 3 nitrogen and oxygen atoms in total. The van der Waals surface area contributed by atoms with Gasteiger partial charge in [-0.25, -0.2) is 4.98 Å². The monoisotopic (exact) mass is 314 g/mol. The lowest BCUT2D eigenvalue weighted by molar-refractivity contribution is -0.176. The van der Waals surface area contributed by atoms with Crippen molar-refractivity contribution in [3.63, 3.8) is 0 Å². The van der Waals surface area contributed by atoms with Gasteiger partial charge in [-0.2, -0.15) is 13.2 Å². The van der Waals surface area contributed by atoms with Crippen molar-refractivity contribution in [1.29, 1.82) is 0 Å². The predicted molar refractivity (Wildman–Crippen MR) is 74.2 cm³/mol. The van der Waals surface area contributed by atoms with Crippen LogP contribution in [0.3, 0.4) is 0 Å². The van der Waals surface area contributed by atoms with Gasteiger partial charge < -0.3 is 4.90 Å². The van der Waals surface area contributed by atoms with E-state index in [1.54, 1.807) is 13.0 Å². The molecule has 0 unspecified atom stereocenters. The lowest BCUT2D eigenvalue weighted by Crippen LogP contribution is -2.39. The smallest absolute Gasteiger partial charge is 0.325 e. The molecule has 0 saturated heterocycles. The molecule has 0 N–H and O–H groups in total. The number of carbonyl (C=O) groups excluding carboxylic acids is 1. The molecule has 112 valence electrons. The molecular weight excluding hydrogens is 301 g/mol. The second-order valence-corrected chi connectivity index (χ2v) is 5.39. The molecule has 1 atom stereocenters. The number of thiazole rings is 1. The molecular formula is C14H13F3N2OS. The number of benzene rings is 1. The minimum Gasteiger partial charge on any atom is -0.325 e. The predicted octanol–water partition coefficient (Wildman–Crippen LogP) is 3.83. The van der Waals surface area contributed by atoms with Crippen LogP contribution in [0.5, 0.6) is 0 Å². The molecule has 0 fully saturated rings. The summed E-state index contributed by atoms with van der Waals surface area (Å²) in [6.07, 6.45) is -4.55. The Labute approximate surface area is 124 Å². The van der Waals surface area contributed by atoms with Crippen LogP contribution in [0.4, 0.5) is 13.2 Å². The molecule has 1 aromatic carbocycles. The maximum absolute atomic E-state index is 13.4. The molecule has 2 aromatic rings. The van der Waals surface area contributed by atoms with Crippen LogP contribution >= 0.6 is 11.3 Å². The molecule has 0 bridgehead atoms. The van der Waals surface area contributed by atoms with E-state index in [0.717, 1.165) is 23.3 Å². The number of alkyl halides is 3. The Kier molecular flexibility index (Phi) is 4.32.